The minimum Gasteiger partial charge on any atom is -0.496 e. The fraction of sp³-hybridized carbons (Fsp3) is 0.389. The number of nitrogens with zero attached hydrogens (tertiary/aromatic N) is 4. The molecule has 1 unspecified atom stereocenters. The zero-order valence-electron chi connectivity index (χ0n) is 14.9. The molecule has 1 aliphatic rings. The number of ether oxygens (including phenoxy) is 1. The van der Waals surface area contributed by atoms with Crippen LogP contribution in [0.3, 0.4) is 0 Å². The van der Waals surface area contributed by atoms with Crippen molar-refractivity contribution >= 4 is 17.0 Å². The van der Waals surface area contributed by atoms with Gasteiger partial charge in [-0.3, -0.25) is 9.13 Å². The van der Waals surface area contributed by atoms with Gasteiger partial charge in [0.2, 0.25) is 0 Å². The quantitative estimate of drug-likeness (QED) is 0.738. The average Bonchev–Trinajstić information content (AvgIpc) is 2.96. The Kier molecular flexibility index (Phi) is 4.12. The maximum Gasteiger partial charge on any atom is 0.335 e. The van der Waals surface area contributed by atoms with Gasteiger partial charge in [0, 0.05) is 12.6 Å². The van der Waals surface area contributed by atoms with Crippen LogP contribution in [0, 0.1) is 6.92 Å². The molecule has 1 atom stereocenters. The first kappa shape index (κ1) is 16.6. The van der Waals surface area contributed by atoms with Crippen molar-refractivity contribution in [2.75, 3.05) is 25.9 Å². The Labute approximate surface area is 150 Å². The lowest BCUT2D eigenvalue weighted by molar-refractivity contribution is 0.369. The molecule has 1 aliphatic heterocycles. The number of rotatable bonds is 3. The van der Waals surface area contributed by atoms with Crippen molar-refractivity contribution in [1.82, 2.24) is 24.4 Å². The van der Waals surface area contributed by atoms with Crippen molar-refractivity contribution in [3.63, 3.8) is 0 Å². The summed E-state index contributed by atoms with van der Waals surface area (Å²) >= 11 is 0. The van der Waals surface area contributed by atoms with E-state index < -0.39 is 0 Å². The molecule has 1 saturated heterocycles. The second-order valence-corrected chi connectivity index (χ2v) is 6.57. The topological polar surface area (TPSA) is 100.0 Å². The van der Waals surface area contributed by atoms with E-state index in [1.54, 1.807) is 16.2 Å². The van der Waals surface area contributed by atoms with Crippen molar-refractivity contribution in [3.8, 4) is 11.4 Å². The molecule has 136 valence electrons. The van der Waals surface area contributed by atoms with Crippen LogP contribution in [0.2, 0.25) is 0 Å². The molecule has 0 amide bonds. The summed E-state index contributed by atoms with van der Waals surface area (Å²) in [4.78, 5) is 21.8. The van der Waals surface area contributed by atoms with Crippen LogP contribution in [-0.2, 0) is 0 Å². The number of nitrogen functional groups attached to an aromatic ring is 1. The number of hydrogen-bond donors (Lipinski definition) is 2. The number of anilines is 1. The van der Waals surface area contributed by atoms with Crippen molar-refractivity contribution in [3.05, 3.63) is 40.6 Å². The van der Waals surface area contributed by atoms with E-state index in [2.05, 4.69) is 15.3 Å². The Morgan fingerprint density at radius 2 is 2.19 bits per heavy atom. The monoisotopic (exact) mass is 354 g/mol. The molecule has 0 spiro atoms. The Morgan fingerprint density at radius 3 is 2.92 bits per heavy atom. The highest BCUT2D eigenvalue weighted by Gasteiger charge is 2.25. The lowest BCUT2D eigenvalue weighted by Crippen LogP contribution is -2.36. The number of nitrogens with one attached hydrogen (secondary N) is 1. The number of benzene rings is 1. The molecule has 0 radical (unpaired) electrons. The number of piperidine rings is 1. The molecule has 1 fully saturated rings. The molecular formula is C18H22N6O2. The maximum atomic E-state index is 13.4. The van der Waals surface area contributed by atoms with Gasteiger partial charge in [0.1, 0.15) is 17.6 Å². The summed E-state index contributed by atoms with van der Waals surface area (Å²) in [6, 6.07) is 5.69. The van der Waals surface area contributed by atoms with E-state index in [1.807, 2.05) is 25.1 Å². The Balaban J connectivity index is 2.01. The lowest BCUT2D eigenvalue weighted by Gasteiger charge is -2.23. The van der Waals surface area contributed by atoms with Gasteiger partial charge in [-0.25, -0.2) is 14.8 Å². The van der Waals surface area contributed by atoms with Crippen LogP contribution in [0.4, 0.5) is 5.82 Å². The molecule has 3 N–H and O–H groups in total. The largest absolute Gasteiger partial charge is 0.496 e. The number of hydrogen-bond acceptors (Lipinski definition) is 6. The second-order valence-electron chi connectivity index (χ2n) is 6.57. The summed E-state index contributed by atoms with van der Waals surface area (Å²) in [7, 11) is 1.61. The van der Waals surface area contributed by atoms with Crippen LogP contribution < -0.4 is 21.5 Å². The molecule has 26 heavy (non-hydrogen) atoms. The molecular weight excluding hydrogens is 332 g/mol. The standard InChI is InChI=1S/C18H22N6O2/c1-11-5-6-12(8-14(11)26-2)23-15-16(19)21-10-22-17(15)24(18(23)25)13-4-3-7-20-9-13/h5-6,8,10,13,20H,3-4,7,9H2,1-2H3,(H2,19,21,22). The Morgan fingerprint density at radius 1 is 1.35 bits per heavy atom. The van der Waals surface area contributed by atoms with Gasteiger partial charge in [-0.15, -0.1) is 0 Å². The van der Waals surface area contributed by atoms with Crippen LogP contribution in [-0.4, -0.2) is 39.3 Å². The molecule has 2 aromatic heterocycles. The summed E-state index contributed by atoms with van der Waals surface area (Å²) in [5.41, 5.74) is 8.76. The van der Waals surface area contributed by atoms with E-state index in [0.717, 1.165) is 31.5 Å². The van der Waals surface area contributed by atoms with Crippen LogP contribution in [0.15, 0.2) is 29.3 Å². The van der Waals surface area contributed by atoms with E-state index in [4.69, 9.17) is 10.5 Å². The van der Waals surface area contributed by atoms with Gasteiger partial charge in [0.25, 0.3) is 0 Å². The smallest absolute Gasteiger partial charge is 0.335 e. The summed E-state index contributed by atoms with van der Waals surface area (Å²) in [5.74, 6) is 0.999. The predicted molar refractivity (Wildman–Crippen MR) is 100.0 cm³/mol. The van der Waals surface area contributed by atoms with E-state index >= 15 is 0 Å². The van der Waals surface area contributed by atoms with Gasteiger partial charge < -0.3 is 15.8 Å². The van der Waals surface area contributed by atoms with E-state index in [-0.39, 0.29) is 17.5 Å². The molecule has 1 aromatic carbocycles. The normalized spacial score (nSPS) is 17.5. The predicted octanol–water partition coefficient (Wildman–Crippen LogP) is 1.41. The number of aryl methyl sites for hydroxylation is 1. The summed E-state index contributed by atoms with van der Waals surface area (Å²) < 4.78 is 8.74. The number of imidazole rings is 1. The van der Waals surface area contributed by atoms with Crippen molar-refractivity contribution in [2.45, 2.75) is 25.8 Å². The van der Waals surface area contributed by atoms with Gasteiger partial charge >= 0.3 is 5.69 Å². The zero-order chi connectivity index (χ0) is 18.3. The van der Waals surface area contributed by atoms with Crippen molar-refractivity contribution in [1.29, 1.82) is 0 Å². The first-order chi connectivity index (χ1) is 12.6. The fourth-order valence-corrected chi connectivity index (χ4v) is 3.64. The number of methoxy groups -OCH3 is 1. The minimum atomic E-state index is -0.160. The molecule has 8 nitrogen and oxygen atoms in total. The molecule has 0 aliphatic carbocycles. The molecule has 3 heterocycles. The zero-order valence-corrected chi connectivity index (χ0v) is 14.9. The highest BCUT2D eigenvalue weighted by Crippen LogP contribution is 2.27. The highest BCUT2D eigenvalue weighted by atomic mass is 16.5. The van der Waals surface area contributed by atoms with E-state index in [1.165, 1.54) is 6.33 Å². The van der Waals surface area contributed by atoms with Crippen LogP contribution in [0.1, 0.15) is 24.4 Å². The van der Waals surface area contributed by atoms with Crippen LogP contribution in [0.5, 0.6) is 5.75 Å². The van der Waals surface area contributed by atoms with Gasteiger partial charge in [-0.2, -0.15) is 0 Å². The third kappa shape index (κ3) is 2.53. The average molecular weight is 354 g/mol. The Bertz CT molecular complexity index is 1020. The summed E-state index contributed by atoms with van der Waals surface area (Å²) in [6.07, 6.45) is 3.35. The number of nitrogens with two attached hydrogens (primary N) is 1. The van der Waals surface area contributed by atoms with Gasteiger partial charge in [-0.05, 0) is 37.9 Å². The maximum absolute atomic E-state index is 13.4. The van der Waals surface area contributed by atoms with E-state index in [0.29, 0.717) is 22.6 Å². The summed E-state index contributed by atoms with van der Waals surface area (Å²) in [5, 5.41) is 3.35. The minimum absolute atomic E-state index is 0.0432. The highest BCUT2D eigenvalue weighted by molar-refractivity contribution is 5.84. The van der Waals surface area contributed by atoms with Crippen molar-refractivity contribution < 1.29 is 4.74 Å². The molecule has 0 saturated carbocycles. The van der Waals surface area contributed by atoms with Gasteiger partial charge in [-0.1, -0.05) is 6.07 Å². The van der Waals surface area contributed by atoms with Gasteiger partial charge in [0.05, 0.1) is 18.8 Å². The molecule has 3 aromatic rings. The van der Waals surface area contributed by atoms with Crippen LogP contribution >= 0.6 is 0 Å². The molecule has 8 heteroatoms. The van der Waals surface area contributed by atoms with Crippen LogP contribution in [0.25, 0.3) is 16.9 Å². The molecule has 0 bridgehead atoms. The SMILES string of the molecule is COc1cc(-n2c(=O)n(C3CCCNC3)c3ncnc(N)c32)ccc1C. The van der Waals surface area contributed by atoms with Gasteiger partial charge in [0.15, 0.2) is 11.5 Å². The number of aromatic nitrogens is 4. The first-order valence-corrected chi connectivity index (χ1v) is 8.71. The lowest BCUT2D eigenvalue weighted by atomic mass is 10.1. The summed E-state index contributed by atoms with van der Waals surface area (Å²) in [6.45, 7) is 3.66. The Hall–Kier alpha value is -2.87. The third-order valence-electron chi connectivity index (χ3n) is 4.97. The fourth-order valence-electron chi connectivity index (χ4n) is 3.64. The third-order valence-corrected chi connectivity index (χ3v) is 4.97. The van der Waals surface area contributed by atoms with Crippen molar-refractivity contribution in [2.24, 2.45) is 0 Å². The number of fused-ring (bicyclic) bond motifs is 1. The second kappa shape index (κ2) is 6.45. The van der Waals surface area contributed by atoms with E-state index in [9.17, 15) is 4.79 Å². The first-order valence-electron chi connectivity index (χ1n) is 8.71. The molecule has 4 rings (SSSR count).